The zero-order valence-corrected chi connectivity index (χ0v) is 11.2. The van der Waals surface area contributed by atoms with Crippen molar-refractivity contribution >= 4 is 5.97 Å². The SMILES string of the molecule is COc1cc(C(=O)O)ncc1-c1cccc(OC(F)(F)F)c1. The van der Waals surface area contributed by atoms with Gasteiger partial charge in [0.1, 0.15) is 11.5 Å². The Hall–Kier alpha value is -2.77. The summed E-state index contributed by atoms with van der Waals surface area (Å²) >= 11 is 0. The van der Waals surface area contributed by atoms with Crippen LogP contribution in [-0.2, 0) is 0 Å². The Morgan fingerprint density at radius 1 is 1.27 bits per heavy atom. The fourth-order valence-corrected chi connectivity index (χ4v) is 1.80. The Morgan fingerprint density at radius 3 is 2.59 bits per heavy atom. The van der Waals surface area contributed by atoms with E-state index in [4.69, 9.17) is 9.84 Å². The van der Waals surface area contributed by atoms with Crippen molar-refractivity contribution in [3.63, 3.8) is 0 Å². The lowest BCUT2D eigenvalue weighted by molar-refractivity contribution is -0.274. The highest BCUT2D eigenvalue weighted by Gasteiger charge is 2.31. The Kier molecular flexibility index (Phi) is 4.20. The van der Waals surface area contributed by atoms with E-state index >= 15 is 0 Å². The van der Waals surface area contributed by atoms with E-state index in [2.05, 4.69) is 9.72 Å². The van der Waals surface area contributed by atoms with Crippen LogP contribution in [0.3, 0.4) is 0 Å². The summed E-state index contributed by atoms with van der Waals surface area (Å²) in [4.78, 5) is 14.6. The molecule has 22 heavy (non-hydrogen) atoms. The summed E-state index contributed by atoms with van der Waals surface area (Å²) in [6.07, 6.45) is -3.58. The van der Waals surface area contributed by atoms with E-state index in [1.807, 2.05) is 0 Å². The zero-order chi connectivity index (χ0) is 16.3. The molecule has 0 aliphatic rings. The smallest absolute Gasteiger partial charge is 0.496 e. The molecule has 1 N–H and O–H groups in total. The number of aromatic nitrogens is 1. The molecule has 0 fully saturated rings. The number of hydrogen-bond acceptors (Lipinski definition) is 4. The molecule has 0 amide bonds. The number of alkyl halides is 3. The molecule has 1 aromatic carbocycles. The summed E-state index contributed by atoms with van der Waals surface area (Å²) in [7, 11) is 1.32. The molecule has 116 valence electrons. The number of nitrogens with zero attached hydrogens (tertiary/aromatic N) is 1. The van der Waals surface area contributed by atoms with Crippen molar-refractivity contribution in [3.05, 3.63) is 42.2 Å². The summed E-state index contributed by atoms with van der Waals surface area (Å²) in [5.74, 6) is -1.45. The van der Waals surface area contributed by atoms with Gasteiger partial charge in [0.25, 0.3) is 0 Å². The van der Waals surface area contributed by atoms with Gasteiger partial charge in [-0.25, -0.2) is 9.78 Å². The van der Waals surface area contributed by atoms with E-state index in [0.717, 1.165) is 12.1 Å². The maximum Gasteiger partial charge on any atom is 0.573 e. The summed E-state index contributed by atoms with van der Waals surface area (Å²) in [5, 5.41) is 8.87. The molecule has 0 atom stereocenters. The molecule has 2 rings (SSSR count). The minimum atomic E-state index is -4.80. The first-order chi connectivity index (χ1) is 10.3. The van der Waals surface area contributed by atoms with Crippen LogP contribution in [0.1, 0.15) is 10.5 Å². The van der Waals surface area contributed by atoms with Crippen molar-refractivity contribution in [2.24, 2.45) is 0 Å². The van der Waals surface area contributed by atoms with Crippen molar-refractivity contribution in [3.8, 4) is 22.6 Å². The Labute approximate surface area is 122 Å². The Bertz CT molecular complexity index is 701. The van der Waals surface area contributed by atoms with Gasteiger partial charge >= 0.3 is 12.3 Å². The third-order valence-corrected chi connectivity index (χ3v) is 2.68. The van der Waals surface area contributed by atoms with Crippen molar-refractivity contribution in [1.82, 2.24) is 4.98 Å². The largest absolute Gasteiger partial charge is 0.573 e. The zero-order valence-electron chi connectivity index (χ0n) is 11.2. The highest BCUT2D eigenvalue weighted by Crippen LogP contribution is 2.33. The van der Waals surface area contributed by atoms with Gasteiger partial charge in [-0.2, -0.15) is 0 Å². The molecule has 8 heteroatoms. The van der Waals surface area contributed by atoms with E-state index in [1.165, 1.54) is 31.5 Å². The maximum atomic E-state index is 12.2. The first kappa shape index (κ1) is 15.6. The second kappa shape index (κ2) is 5.92. The number of carboxylic acids is 1. The molecular weight excluding hydrogens is 303 g/mol. The first-order valence-corrected chi connectivity index (χ1v) is 5.93. The van der Waals surface area contributed by atoms with Crippen LogP contribution in [0, 0.1) is 0 Å². The standard InChI is InChI=1S/C14H10F3NO4/c1-21-12-6-11(13(19)20)18-7-10(12)8-3-2-4-9(5-8)22-14(15,16)17/h2-7H,1H3,(H,19,20). The number of hydrogen-bond donors (Lipinski definition) is 1. The van der Waals surface area contributed by atoms with Crippen LogP contribution in [-0.4, -0.2) is 29.5 Å². The molecule has 0 unspecified atom stereocenters. The number of aromatic carboxylic acids is 1. The van der Waals surface area contributed by atoms with E-state index in [1.54, 1.807) is 0 Å². The number of rotatable bonds is 4. The molecule has 0 aliphatic carbocycles. The molecule has 1 heterocycles. The number of carbonyl (C=O) groups is 1. The fraction of sp³-hybridized carbons (Fsp3) is 0.143. The van der Waals surface area contributed by atoms with E-state index in [9.17, 15) is 18.0 Å². The third kappa shape index (κ3) is 3.66. The maximum absolute atomic E-state index is 12.2. The van der Waals surface area contributed by atoms with E-state index < -0.39 is 18.1 Å². The number of methoxy groups -OCH3 is 1. The van der Waals surface area contributed by atoms with Gasteiger partial charge in [-0.15, -0.1) is 13.2 Å². The lowest BCUT2D eigenvalue weighted by Crippen LogP contribution is -2.17. The molecular formula is C14H10F3NO4. The van der Waals surface area contributed by atoms with Crippen molar-refractivity contribution in [2.75, 3.05) is 7.11 Å². The van der Waals surface area contributed by atoms with Gasteiger partial charge in [-0.1, -0.05) is 12.1 Å². The number of halogens is 3. The van der Waals surface area contributed by atoms with Gasteiger partial charge in [0, 0.05) is 17.8 Å². The average Bonchev–Trinajstić information content (AvgIpc) is 2.45. The summed E-state index contributed by atoms with van der Waals surface area (Å²) in [6.45, 7) is 0. The highest BCUT2D eigenvalue weighted by atomic mass is 19.4. The second-order valence-corrected chi connectivity index (χ2v) is 4.15. The summed E-state index contributed by atoms with van der Waals surface area (Å²) < 4.78 is 45.6. The molecule has 1 aromatic heterocycles. The topological polar surface area (TPSA) is 68.7 Å². The van der Waals surface area contributed by atoms with Gasteiger partial charge in [0.15, 0.2) is 5.69 Å². The quantitative estimate of drug-likeness (QED) is 0.937. The van der Waals surface area contributed by atoms with Gasteiger partial charge in [0.05, 0.1) is 7.11 Å². The van der Waals surface area contributed by atoms with E-state index in [0.29, 0.717) is 11.1 Å². The summed E-state index contributed by atoms with van der Waals surface area (Å²) in [5.41, 5.74) is 0.464. The second-order valence-electron chi connectivity index (χ2n) is 4.15. The molecule has 2 aromatic rings. The number of ether oxygens (including phenoxy) is 2. The Balaban J connectivity index is 2.43. The van der Waals surface area contributed by atoms with Crippen LogP contribution in [0.25, 0.3) is 11.1 Å². The van der Waals surface area contributed by atoms with Crippen LogP contribution < -0.4 is 9.47 Å². The predicted octanol–water partition coefficient (Wildman–Crippen LogP) is 3.35. The minimum absolute atomic E-state index is 0.177. The van der Waals surface area contributed by atoms with Gasteiger partial charge < -0.3 is 14.6 Å². The van der Waals surface area contributed by atoms with Gasteiger partial charge in [0.2, 0.25) is 0 Å². The van der Waals surface area contributed by atoms with E-state index in [-0.39, 0.29) is 11.4 Å². The third-order valence-electron chi connectivity index (χ3n) is 2.68. The van der Waals surface area contributed by atoms with Crippen LogP contribution in [0.2, 0.25) is 0 Å². The Morgan fingerprint density at radius 2 is 2.00 bits per heavy atom. The molecule has 0 bridgehead atoms. The highest BCUT2D eigenvalue weighted by molar-refractivity contribution is 5.87. The number of pyridine rings is 1. The molecule has 0 aliphatic heterocycles. The molecule has 0 radical (unpaired) electrons. The van der Waals surface area contributed by atoms with Gasteiger partial charge in [-0.05, 0) is 17.7 Å². The molecule has 5 nitrogen and oxygen atoms in total. The van der Waals surface area contributed by atoms with Crippen LogP contribution >= 0.6 is 0 Å². The summed E-state index contributed by atoms with van der Waals surface area (Å²) in [6, 6.07) is 6.41. The molecule has 0 spiro atoms. The lowest BCUT2D eigenvalue weighted by atomic mass is 10.1. The van der Waals surface area contributed by atoms with Crippen LogP contribution in [0.15, 0.2) is 36.5 Å². The first-order valence-electron chi connectivity index (χ1n) is 5.93. The van der Waals surface area contributed by atoms with Crippen molar-refractivity contribution in [2.45, 2.75) is 6.36 Å². The lowest BCUT2D eigenvalue weighted by Gasteiger charge is -2.12. The van der Waals surface area contributed by atoms with Gasteiger partial charge in [-0.3, -0.25) is 0 Å². The van der Waals surface area contributed by atoms with Crippen molar-refractivity contribution in [1.29, 1.82) is 0 Å². The van der Waals surface area contributed by atoms with Crippen LogP contribution in [0.5, 0.6) is 11.5 Å². The predicted molar refractivity (Wildman–Crippen MR) is 69.9 cm³/mol. The fourth-order valence-electron chi connectivity index (χ4n) is 1.80. The monoisotopic (exact) mass is 313 g/mol. The van der Waals surface area contributed by atoms with Crippen molar-refractivity contribution < 1.29 is 32.5 Å². The number of benzene rings is 1. The number of carboxylic acid groups (broad SMARTS) is 1. The minimum Gasteiger partial charge on any atom is -0.496 e. The van der Waals surface area contributed by atoms with Crippen LogP contribution in [0.4, 0.5) is 13.2 Å². The molecule has 0 saturated heterocycles. The normalized spacial score (nSPS) is 11.1. The molecule has 0 saturated carbocycles. The average molecular weight is 313 g/mol.